The standard InChI is InChI=1S/C18H29NO5/c1-5-15(20)11-18(10-8-9-14(4)19,12-23-16(21)6-2)13-24-17(22)7-3/h6-7,15,19-20H,2-3,5,8-13H2,1,4H3. The van der Waals surface area contributed by atoms with E-state index in [9.17, 15) is 14.7 Å². The average Bonchev–Trinajstić information content (AvgIpc) is 2.56. The molecule has 0 aromatic heterocycles. The molecule has 136 valence electrons. The molecule has 0 radical (unpaired) electrons. The highest BCUT2D eigenvalue weighted by molar-refractivity contribution is 5.81. The molecule has 0 aliphatic heterocycles. The van der Waals surface area contributed by atoms with Crippen molar-refractivity contribution in [1.29, 1.82) is 5.41 Å². The molecule has 2 N–H and O–H groups in total. The summed E-state index contributed by atoms with van der Waals surface area (Å²) >= 11 is 0. The molecule has 6 heteroatoms. The third-order valence-corrected chi connectivity index (χ3v) is 3.77. The zero-order valence-corrected chi connectivity index (χ0v) is 14.7. The van der Waals surface area contributed by atoms with E-state index >= 15 is 0 Å². The van der Waals surface area contributed by atoms with Crippen LogP contribution >= 0.6 is 0 Å². The second-order valence-corrected chi connectivity index (χ2v) is 6.02. The summed E-state index contributed by atoms with van der Waals surface area (Å²) in [5.41, 5.74) is -0.159. The van der Waals surface area contributed by atoms with Gasteiger partial charge in [-0.3, -0.25) is 0 Å². The first kappa shape index (κ1) is 22.1. The quantitative estimate of drug-likeness (QED) is 0.305. The van der Waals surface area contributed by atoms with Gasteiger partial charge in [-0.25, -0.2) is 9.59 Å². The van der Waals surface area contributed by atoms with E-state index in [1.54, 1.807) is 6.92 Å². The van der Waals surface area contributed by atoms with Crippen LogP contribution in [0.3, 0.4) is 0 Å². The second-order valence-electron chi connectivity index (χ2n) is 6.02. The number of rotatable bonds is 13. The van der Waals surface area contributed by atoms with Crippen molar-refractivity contribution in [3.05, 3.63) is 25.3 Å². The number of hydrogen-bond acceptors (Lipinski definition) is 6. The van der Waals surface area contributed by atoms with E-state index in [2.05, 4.69) is 13.2 Å². The SMILES string of the molecule is C=CC(=O)OCC(CCCC(C)=N)(COC(=O)C=C)CC(O)CC. The van der Waals surface area contributed by atoms with E-state index in [-0.39, 0.29) is 13.2 Å². The van der Waals surface area contributed by atoms with Crippen LogP contribution in [0.5, 0.6) is 0 Å². The lowest BCUT2D eigenvalue weighted by atomic mass is 9.78. The average molecular weight is 339 g/mol. The Morgan fingerprint density at radius 1 is 1.21 bits per heavy atom. The lowest BCUT2D eigenvalue weighted by molar-refractivity contribution is -0.150. The van der Waals surface area contributed by atoms with Crippen LogP contribution in [0.4, 0.5) is 0 Å². The van der Waals surface area contributed by atoms with Crippen molar-refractivity contribution in [1.82, 2.24) is 0 Å². The molecule has 6 nitrogen and oxygen atoms in total. The molecule has 1 unspecified atom stereocenters. The molecule has 0 fully saturated rings. The monoisotopic (exact) mass is 339 g/mol. The third kappa shape index (κ3) is 9.25. The normalized spacial score (nSPS) is 12.1. The smallest absolute Gasteiger partial charge is 0.330 e. The molecule has 0 aromatic rings. The first-order valence-corrected chi connectivity index (χ1v) is 8.09. The van der Waals surface area contributed by atoms with Crippen molar-refractivity contribution in [2.75, 3.05) is 13.2 Å². The fourth-order valence-corrected chi connectivity index (χ4v) is 2.34. The molecule has 0 saturated carbocycles. The molecular weight excluding hydrogens is 310 g/mol. The van der Waals surface area contributed by atoms with Crippen LogP contribution in [0.1, 0.15) is 46.0 Å². The van der Waals surface area contributed by atoms with Crippen LogP contribution in [0.2, 0.25) is 0 Å². The Kier molecular flexibility index (Phi) is 10.6. The third-order valence-electron chi connectivity index (χ3n) is 3.77. The van der Waals surface area contributed by atoms with Gasteiger partial charge in [0.1, 0.15) is 13.2 Å². The number of aliphatic hydroxyl groups is 1. The Morgan fingerprint density at radius 3 is 2.08 bits per heavy atom. The number of carbonyl (C=O) groups excluding carboxylic acids is 2. The van der Waals surface area contributed by atoms with E-state index in [1.165, 1.54) is 0 Å². The molecule has 0 bridgehead atoms. The minimum absolute atomic E-state index is 0.0103. The topological polar surface area (TPSA) is 96.7 Å². The molecule has 0 aliphatic rings. The largest absolute Gasteiger partial charge is 0.462 e. The highest BCUT2D eigenvalue weighted by Crippen LogP contribution is 2.33. The van der Waals surface area contributed by atoms with Crippen LogP contribution in [0.15, 0.2) is 25.3 Å². The van der Waals surface area contributed by atoms with E-state index in [4.69, 9.17) is 14.9 Å². The summed E-state index contributed by atoms with van der Waals surface area (Å²) in [5.74, 6) is -1.13. The van der Waals surface area contributed by atoms with Crippen molar-refractivity contribution in [2.45, 2.75) is 52.1 Å². The predicted molar refractivity (Wildman–Crippen MR) is 92.9 cm³/mol. The summed E-state index contributed by atoms with van der Waals surface area (Å²) in [6.45, 7) is 10.3. The van der Waals surface area contributed by atoms with Gasteiger partial charge in [0.25, 0.3) is 0 Å². The fourth-order valence-electron chi connectivity index (χ4n) is 2.34. The van der Waals surface area contributed by atoms with Crippen LogP contribution in [0, 0.1) is 10.8 Å². The number of ether oxygens (including phenoxy) is 2. The highest BCUT2D eigenvalue weighted by Gasteiger charge is 2.35. The molecule has 0 aliphatic carbocycles. The molecule has 1 atom stereocenters. The minimum atomic E-state index is -0.706. The number of hydrogen-bond donors (Lipinski definition) is 2. The maximum Gasteiger partial charge on any atom is 0.330 e. The van der Waals surface area contributed by atoms with Crippen molar-refractivity contribution >= 4 is 17.7 Å². The van der Waals surface area contributed by atoms with Gasteiger partial charge in [0.05, 0.1) is 6.10 Å². The zero-order chi connectivity index (χ0) is 18.6. The van der Waals surface area contributed by atoms with Crippen molar-refractivity contribution in [2.24, 2.45) is 5.41 Å². The van der Waals surface area contributed by atoms with E-state index < -0.39 is 23.5 Å². The summed E-state index contributed by atoms with van der Waals surface area (Å²) < 4.78 is 10.4. The molecule has 0 amide bonds. The lowest BCUT2D eigenvalue weighted by Gasteiger charge is -2.34. The van der Waals surface area contributed by atoms with Crippen LogP contribution in [-0.4, -0.2) is 42.1 Å². The first-order valence-electron chi connectivity index (χ1n) is 8.09. The van der Waals surface area contributed by atoms with Crippen LogP contribution < -0.4 is 0 Å². The van der Waals surface area contributed by atoms with Crippen molar-refractivity contribution in [3.8, 4) is 0 Å². The molecule has 0 saturated heterocycles. The summed E-state index contributed by atoms with van der Waals surface area (Å²) in [7, 11) is 0. The van der Waals surface area contributed by atoms with Crippen molar-refractivity contribution < 1.29 is 24.2 Å². The summed E-state index contributed by atoms with van der Waals surface area (Å²) in [4.78, 5) is 22.9. The van der Waals surface area contributed by atoms with Gasteiger partial charge in [0.15, 0.2) is 0 Å². The van der Waals surface area contributed by atoms with Gasteiger partial charge < -0.3 is 20.0 Å². The molecule has 24 heavy (non-hydrogen) atoms. The van der Waals surface area contributed by atoms with E-state index in [0.717, 1.165) is 12.2 Å². The van der Waals surface area contributed by atoms with Gasteiger partial charge in [-0.15, -0.1) is 0 Å². The first-order chi connectivity index (χ1) is 11.3. The number of carbonyl (C=O) groups is 2. The lowest BCUT2D eigenvalue weighted by Crippen LogP contribution is -2.37. The van der Waals surface area contributed by atoms with E-state index in [1.807, 2.05) is 6.92 Å². The van der Waals surface area contributed by atoms with Crippen LogP contribution in [-0.2, 0) is 19.1 Å². The Hall–Kier alpha value is -1.95. The Labute approximate surface area is 144 Å². The van der Waals surface area contributed by atoms with E-state index in [0.29, 0.717) is 37.8 Å². The minimum Gasteiger partial charge on any atom is -0.462 e. The summed E-state index contributed by atoms with van der Waals surface area (Å²) in [6, 6.07) is 0. The predicted octanol–water partition coefficient (Wildman–Crippen LogP) is 2.80. The molecule has 0 aromatic carbocycles. The zero-order valence-electron chi connectivity index (χ0n) is 14.7. The summed E-state index contributed by atoms with van der Waals surface area (Å²) in [5, 5.41) is 17.6. The Balaban J connectivity index is 5.21. The number of esters is 2. The summed E-state index contributed by atoms with van der Waals surface area (Å²) in [6.07, 6.45) is 4.21. The second kappa shape index (κ2) is 11.6. The molecule has 0 heterocycles. The molecule has 0 spiro atoms. The molecule has 0 rings (SSSR count). The van der Waals surface area contributed by atoms with Crippen LogP contribution in [0.25, 0.3) is 0 Å². The van der Waals surface area contributed by atoms with Crippen molar-refractivity contribution in [3.63, 3.8) is 0 Å². The van der Waals surface area contributed by atoms with Gasteiger partial charge >= 0.3 is 11.9 Å². The molecular formula is C18H29NO5. The maximum atomic E-state index is 11.4. The van der Waals surface area contributed by atoms with Gasteiger partial charge in [-0.05, 0) is 39.0 Å². The fraction of sp³-hybridized carbons (Fsp3) is 0.611. The van der Waals surface area contributed by atoms with Gasteiger partial charge in [-0.2, -0.15) is 0 Å². The Morgan fingerprint density at radius 2 is 1.71 bits per heavy atom. The number of aliphatic hydroxyl groups excluding tert-OH is 1. The van der Waals surface area contributed by atoms with Gasteiger partial charge in [-0.1, -0.05) is 20.1 Å². The number of nitrogens with one attached hydrogen (secondary N) is 1. The highest BCUT2D eigenvalue weighted by atomic mass is 16.5. The maximum absolute atomic E-state index is 11.4. The van der Waals surface area contributed by atoms with Gasteiger partial charge in [0.2, 0.25) is 0 Å². The Bertz CT molecular complexity index is 434. The van der Waals surface area contributed by atoms with Gasteiger partial charge in [0, 0.05) is 23.3 Å².